The average molecular weight is 316 g/mol. The summed E-state index contributed by atoms with van der Waals surface area (Å²) in [4.78, 5) is 34.4. The van der Waals surface area contributed by atoms with Crippen molar-refractivity contribution < 1.29 is 4.79 Å². The molecule has 0 aromatic carbocycles. The fraction of sp³-hybridized carbons (Fsp3) is 0.467. The van der Waals surface area contributed by atoms with Gasteiger partial charge in [0.25, 0.3) is 5.56 Å². The number of H-pyrrole nitrogens is 2. The van der Waals surface area contributed by atoms with Gasteiger partial charge in [-0.1, -0.05) is 0 Å². The third-order valence-electron chi connectivity index (χ3n) is 4.05. The molecule has 1 fully saturated rings. The molecule has 0 saturated carbocycles. The third kappa shape index (κ3) is 3.58. The number of anilines is 1. The molecule has 3 rings (SSSR count). The second kappa shape index (κ2) is 6.64. The lowest BCUT2D eigenvalue weighted by Gasteiger charge is -2.33. The van der Waals surface area contributed by atoms with Gasteiger partial charge in [0.1, 0.15) is 0 Å². The van der Waals surface area contributed by atoms with Gasteiger partial charge >= 0.3 is 0 Å². The van der Waals surface area contributed by atoms with Crippen molar-refractivity contribution in [1.29, 1.82) is 0 Å². The molecular formula is C15H20N6O2. The van der Waals surface area contributed by atoms with Crippen LogP contribution in [0, 0.1) is 6.92 Å². The Morgan fingerprint density at radius 3 is 2.87 bits per heavy atom. The number of aromatic nitrogens is 4. The van der Waals surface area contributed by atoms with Gasteiger partial charge in [0.05, 0.1) is 6.42 Å². The van der Waals surface area contributed by atoms with E-state index in [1.54, 1.807) is 25.4 Å². The zero-order chi connectivity index (χ0) is 16.2. The van der Waals surface area contributed by atoms with Gasteiger partial charge in [0.15, 0.2) is 0 Å². The van der Waals surface area contributed by atoms with Gasteiger partial charge in [-0.15, -0.1) is 0 Å². The summed E-state index contributed by atoms with van der Waals surface area (Å²) in [5.41, 5.74) is 0.954. The normalized spacial score (nSPS) is 18.0. The zero-order valence-corrected chi connectivity index (χ0v) is 13.0. The summed E-state index contributed by atoms with van der Waals surface area (Å²) in [5, 5.41) is 8.23. The first-order valence-electron chi connectivity index (χ1n) is 7.71. The minimum absolute atomic E-state index is 0.0402. The van der Waals surface area contributed by atoms with Gasteiger partial charge in [0, 0.05) is 42.8 Å². The molecule has 2 aromatic rings. The number of rotatable bonds is 4. The predicted molar refractivity (Wildman–Crippen MR) is 85.3 cm³/mol. The molecule has 3 N–H and O–H groups in total. The molecule has 1 saturated heterocycles. The lowest BCUT2D eigenvalue weighted by molar-refractivity contribution is -0.121. The zero-order valence-electron chi connectivity index (χ0n) is 13.0. The molecule has 1 atom stereocenters. The highest BCUT2D eigenvalue weighted by atomic mass is 16.2. The highest BCUT2D eigenvalue weighted by Crippen LogP contribution is 2.15. The van der Waals surface area contributed by atoms with Gasteiger partial charge in [-0.3, -0.25) is 14.7 Å². The molecule has 1 aliphatic heterocycles. The Kier molecular flexibility index (Phi) is 4.40. The van der Waals surface area contributed by atoms with E-state index in [9.17, 15) is 9.59 Å². The number of aromatic amines is 2. The van der Waals surface area contributed by atoms with Crippen LogP contribution < -0.4 is 15.8 Å². The van der Waals surface area contributed by atoms with Crippen molar-refractivity contribution in [3.8, 4) is 0 Å². The van der Waals surface area contributed by atoms with Crippen LogP contribution in [0.2, 0.25) is 0 Å². The van der Waals surface area contributed by atoms with Crippen LogP contribution in [0.4, 0.5) is 5.95 Å². The van der Waals surface area contributed by atoms with Crippen molar-refractivity contribution >= 4 is 11.9 Å². The highest BCUT2D eigenvalue weighted by molar-refractivity contribution is 5.79. The van der Waals surface area contributed by atoms with E-state index in [1.165, 1.54) is 0 Å². The summed E-state index contributed by atoms with van der Waals surface area (Å²) in [6.07, 6.45) is 5.39. The van der Waals surface area contributed by atoms with Gasteiger partial charge in [-0.25, -0.2) is 9.97 Å². The second-order valence-electron chi connectivity index (χ2n) is 5.76. The molecule has 1 aliphatic rings. The minimum Gasteiger partial charge on any atom is -0.351 e. The topological polar surface area (TPSA) is 107 Å². The number of piperidine rings is 1. The fourth-order valence-electron chi connectivity index (χ4n) is 2.85. The molecule has 0 spiro atoms. The Hall–Kier alpha value is -2.64. The Morgan fingerprint density at radius 2 is 2.17 bits per heavy atom. The average Bonchev–Trinajstić information content (AvgIpc) is 2.88. The Bertz CT molecular complexity index is 723. The molecule has 0 radical (unpaired) electrons. The molecule has 122 valence electrons. The standard InChI is InChI=1S/C15H20N6O2/c1-10-12(14(23)20-19-10)8-13(22)18-11-4-2-7-21(9-11)15-16-5-3-6-17-15/h3,5-6,11H,2,4,7-9H2,1H3,(H,18,22)(H2,19,20,23)/t11-/m1/s1. The van der Waals surface area contributed by atoms with Crippen molar-refractivity contribution in [1.82, 2.24) is 25.5 Å². The first kappa shape index (κ1) is 15.3. The SMILES string of the molecule is Cc1[nH][nH]c(=O)c1CC(=O)N[C@@H]1CCCN(c2ncccn2)C1. The maximum absolute atomic E-state index is 12.2. The van der Waals surface area contributed by atoms with E-state index in [0.29, 0.717) is 23.8 Å². The van der Waals surface area contributed by atoms with Crippen molar-refractivity contribution in [3.05, 3.63) is 40.1 Å². The van der Waals surface area contributed by atoms with Crippen LogP contribution in [0.5, 0.6) is 0 Å². The number of nitrogens with one attached hydrogen (secondary N) is 3. The number of hydrogen-bond donors (Lipinski definition) is 3. The number of amides is 1. The van der Waals surface area contributed by atoms with Crippen LogP contribution in [-0.2, 0) is 11.2 Å². The molecule has 23 heavy (non-hydrogen) atoms. The monoisotopic (exact) mass is 316 g/mol. The first-order valence-corrected chi connectivity index (χ1v) is 7.71. The molecular weight excluding hydrogens is 296 g/mol. The fourth-order valence-corrected chi connectivity index (χ4v) is 2.85. The van der Waals surface area contributed by atoms with E-state index in [2.05, 4.69) is 30.4 Å². The lowest BCUT2D eigenvalue weighted by atomic mass is 10.1. The maximum Gasteiger partial charge on any atom is 0.267 e. The summed E-state index contributed by atoms with van der Waals surface area (Å²) in [6, 6.07) is 1.82. The lowest BCUT2D eigenvalue weighted by Crippen LogP contribution is -2.48. The van der Waals surface area contributed by atoms with Crippen molar-refractivity contribution in [2.45, 2.75) is 32.2 Å². The predicted octanol–water partition coefficient (Wildman–Crippen LogP) is 0.129. The number of carbonyl (C=O) groups is 1. The number of nitrogens with zero attached hydrogens (tertiary/aromatic N) is 3. The summed E-state index contributed by atoms with van der Waals surface area (Å²) < 4.78 is 0. The van der Waals surface area contributed by atoms with Crippen LogP contribution in [-0.4, -0.2) is 45.2 Å². The minimum atomic E-state index is -0.236. The molecule has 1 amide bonds. The van der Waals surface area contributed by atoms with Gasteiger partial charge in [-0.2, -0.15) is 0 Å². The van der Waals surface area contributed by atoms with Gasteiger partial charge < -0.3 is 15.3 Å². The molecule has 8 heteroatoms. The van der Waals surface area contributed by atoms with Crippen molar-refractivity contribution in [3.63, 3.8) is 0 Å². The largest absolute Gasteiger partial charge is 0.351 e. The van der Waals surface area contributed by atoms with Crippen LogP contribution in [0.25, 0.3) is 0 Å². The smallest absolute Gasteiger partial charge is 0.267 e. The maximum atomic E-state index is 12.2. The number of aryl methyl sites for hydroxylation is 1. The first-order chi connectivity index (χ1) is 11.1. The van der Waals surface area contributed by atoms with E-state index < -0.39 is 0 Å². The number of hydrogen-bond acceptors (Lipinski definition) is 5. The van der Waals surface area contributed by atoms with Crippen LogP contribution in [0.15, 0.2) is 23.3 Å². The van der Waals surface area contributed by atoms with Crippen molar-refractivity contribution in [2.24, 2.45) is 0 Å². The molecule has 8 nitrogen and oxygen atoms in total. The van der Waals surface area contributed by atoms with Crippen LogP contribution in [0.3, 0.4) is 0 Å². The molecule has 0 unspecified atom stereocenters. The van der Waals surface area contributed by atoms with Crippen LogP contribution >= 0.6 is 0 Å². The highest BCUT2D eigenvalue weighted by Gasteiger charge is 2.23. The van der Waals surface area contributed by atoms with E-state index in [-0.39, 0.29) is 23.9 Å². The van der Waals surface area contributed by atoms with Crippen molar-refractivity contribution in [2.75, 3.05) is 18.0 Å². The van der Waals surface area contributed by atoms with E-state index in [0.717, 1.165) is 19.4 Å². The van der Waals surface area contributed by atoms with Gasteiger partial charge in [0.2, 0.25) is 11.9 Å². The molecule has 0 bridgehead atoms. The van der Waals surface area contributed by atoms with Gasteiger partial charge in [-0.05, 0) is 25.8 Å². The number of carbonyl (C=O) groups excluding carboxylic acids is 1. The Morgan fingerprint density at radius 1 is 1.39 bits per heavy atom. The second-order valence-corrected chi connectivity index (χ2v) is 5.76. The van der Waals surface area contributed by atoms with E-state index >= 15 is 0 Å². The summed E-state index contributed by atoms with van der Waals surface area (Å²) in [6.45, 7) is 3.33. The molecule has 0 aliphatic carbocycles. The van der Waals surface area contributed by atoms with Crippen LogP contribution in [0.1, 0.15) is 24.1 Å². The third-order valence-corrected chi connectivity index (χ3v) is 4.05. The van der Waals surface area contributed by atoms with E-state index in [4.69, 9.17) is 0 Å². The van der Waals surface area contributed by atoms with E-state index in [1.807, 2.05) is 0 Å². The summed E-state index contributed by atoms with van der Waals surface area (Å²) in [5.74, 6) is 0.545. The molecule has 2 aromatic heterocycles. The Labute approximate surface area is 133 Å². The molecule has 3 heterocycles. The summed E-state index contributed by atoms with van der Waals surface area (Å²) in [7, 11) is 0. The Balaban J connectivity index is 1.59. The quantitative estimate of drug-likeness (QED) is 0.743. The summed E-state index contributed by atoms with van der Waals surface area (Å²) >= 11 is 0.